The van der Waals surface area contributed by atoms with E-state index >= 15 is 0 Å². The van der Waals surface area contributed by atoms with Gasteiger partial charge in [-0.3, -0.25) is 0 Å². The smallest absolute Gasteiger partial charge is 0.194 e. The molecule has 0 radical (unpaired) electrons. The molecule has 96 valence electrons. The number of hydrogen-bond acceptors (Lipinski definition) is 0. The van der Waals surface area contributed by atoms with Crippen molar-refractivity contribution >= 4 is 34.8 Å². The number of hydrogen-bond donors (Lipinski definition) is 0. The first-order valence-corrected chi connectivity index (χ1v) is 5.30. The average Bonchev–Trinajstić information content (AvgIpc) is 2.19. The summed E-state index contributed by atoms with van der Waals surface area (Å²) in [4.78, 5) is 0. The molecule has 1 rings (SSSR count). The summed E-state index contributed by atoms with van der Waals surface area (Å²) in [6.45, 7) is 0. The van der Waals surface area contributed by atoms with E-state index in [1.165, 1.54) is 0 Å². The van der Waals surface area contributed by atoms with Crippen LogP contribution >= 0.6 is 34.8 Å². The monoisotopic (exact) mass is 312 g/mol. The van der Waals surface area contributed by atoms with E-state index in [9.17, 15) is 22.0 Å². The summed E-state index contributed by atoms with van der Waals surface area (Å²) in [5.74, 6) is -5.05. The summed E-state index contributed by atoms with van der Waals surface area (Å²) in [6, 6.07) is 2.94. The lowest BCUT2D eigenvalue weighted by Crippen LogP contribution is -2.40. The van der Waals surface area contributed by atoms with Crippen molar-refractivity contribution < 1.29 is 22.0 Å². The Balaban J connectivity index is 3.12. The molecule has 1 aromatic rings. The van der Waals surface area contributed by atoms with E-state index in [1.54, 1.807) is 0 Å². The van der Waals surface area contributed by atoms with Gasteiger partial charge in [0.2, 0.25) is 0 Å². The molecule has 17 heavy (non-hydrogen) atoms. The van der Waals surface area contributed by atoms with E-state index in [0.29, 0.717) is 0 Å². The second kappa shape index (κ2) is 4.78. The fourth-order valence-corrected chi connectivity index (χ4v) is 1.59. The molecule has 0 saturated carbocycles. The van der Waals surface area contributed by atoms with Gasteiger partial charge in [-0.05, 0) is 17.7 Å². The molecule has 0 heterocycles. The van der Waals surface area contributed by atoms with Crippen LogP contribution in [0.15, 0.2) is 18.2 Å². The van der Waals surface area contributed by atoms with Gasteiger partial charge >= 0.3 is 12.1 Å². The lowest BCUT2D eigenvalue weighted by molar-refractivity contribution is -0.283. The third kappa shape index (κ3) is 2.95. The Kier molecular flexibility index (Phi) is 4.16. The van der Waals surface area contributed by atoms with Crippen LogP contribution in [0.2, 0.25) is 10.0 Å². The predicted octanol–water partition coefficient (Wildman–Crippen LogP) is 5.47. The second-order valence-corrected chi connectivity index (χ2v) is 4.41. The molecule has 0 aliphatic carbocycles. The van der Waals surface area contributed by atoms with E-state index in [0.717, 1.165) is 18.2 Å². The molecule has 0 spiro atoms. The van der Waals surface area contributed by atoms with E-state index < -0.39 is 23.0 Å². The van der Waals surface area contributed by atoms with Gasteiger partial charge in [0.15, 0.2) is 0 Å². The summed E-state index contributed by atoms with van der Waals surface area (Å²) in [5, 5.41) is -2.67. The number of rotatable bonds is 2. The lowest BCUT2D eigenvalue weighted by Gasteiger charge is -2.24. The molecule has 1 atom stereocenters. The summed E-state index contributed by atoms with van der Waals surface area (Å²) < 4.78 is 62.0. The molecule has 0 bridgehead atoms. The van der Waals surface area contributed by atoms with Crippen LogP contribution in [-0.2, 0) is 0 Å². The molecule has 0 fully saturated rings. The molecule has 8 heteroatoms. The SMILES string of the molecule is FC(F)(F)C(F)(F)C(Cl)c1ccc(Cl)c(Cl)c1. The summed E-state index contributed by atoms with van der Waals surface area (Å²) >= 11 is 16.1. The van der Waals surface area contributed by atoms with Crippen LogP contribution in [0.5, 0.6) is 0 Å². The highest BCUT2D eigenvalue weighted by molar-refractivity contribution is 6.42. The third-order valence-corrected chi connectivity index (χ3v) is 3.20. The van der Waals surface area contributed by atoms with Gasteiger partial charge < -0.3 is 0 Å². The van der Waals surface area contributed by atoms with E-state index in [2.05, 4.69) is 0 Å². The molecule has 0 aliphatic rings. The van der Waals surface area contributed by atoms with Gasteiger partial charge in [-0.2, -0.15) is 22.0 Å². The zero-order valence-corrected chi connectivity index (χ0v) is 10.1. The minimum atomic E-state index is -5.73. The van der Waals surface area contributed by atoms with E-state index in [-0.39, 0.29) is 10.0 Å². The molecule has 1 aromatic carbocycles. The third-order valence-electron chi connectivity index (χ3n) is 1.93. The maximum Gasteiger partial charge on any atom is 0.455 e. The molecule has 0 N–H and O–H groups in total. The molecular weight excluding hydrogens is 309 g/mol. The predicted molar refractivity (Wildman–Crippen MR) is 56.1 cm³/mol. The minimum Gasteiger partial charge on any atom is -0.194 e. The van der Waals surface area contributed by atoms with Crippen molar-refractivity contribution in [2.75, 3.05) is 0 Å². The average molecular weight is 313 g/mol. The van der Waals surface area contributed by atoms with Crippen molar-refractivity contribution in [1.29, 1.82) is 0 Å². The normalized spacial score (nSPS) is 14.8. The van der Waals surface area contributed by atoms with E-state index in [1.807, 2.05) is 0 Å². The standard InChI is InChI=1S/C9H4Cl3F5/c10-5-2-1-4(3-6(5)11)7(12)8(13,14)9(15,16)17/h1-3,7H. The van der Waals surface area contributed by atoms with E-state index in [4.69, 9.17) is 34.8 Å². The first-order chi connectivity index (χ1) is 7.57. The van der Waals surface area contributed by atoms with Crippen molar-refractivity contribution in [3.63, 3.8) is 0 Å². The molecule has 0 aromatic heterocycles. The van der Waals surface area contributed by atoms with Gasteiger partial charge in [-0.25, -0.2) is 0 Å². The quantitative estimate of drug-likeness (QED) is 0.501. The van der Waals surface area contributed by atoms with Crippen molar-refractivity contribution in [2.24, 2.45) is 0 Å². The second-order valence-electron chi connectivity index (χ2n) is 3.16. The van der Waals surface area contributed by atoms with Crippen molar-refractivity contribution in [2.45, 2.75) is 17.5 Å². The highest BCUT2D eigenvalue weighted by atomic mass is 35.5. The van der Waals surface area contributed by atoms with Crippen LogP contribution in [0.4, 0.5) is 22.0 Å². The lowest BCUT2D eigenvalue weighted by atomic mass is 10.1. The summed E-state index contributed by atoms with van der Waals surface area (Å²) in [5.41, 5.74) is -0.455. The van der Waals surface area contributed by atoms with Gasteiger partial charge in [-0.15, -0.1) is 11.6 Å². The maximum atomic E-state index is 12.9. The first kappa shape index (κ1) is 14.8. The Hall–Kier alpha value is -0.260. The summed E-state index contributed by atoms with van der Waals surface area (Å²) in [6.07, 6.45) is -5.73. The van der Waals surface area contributed by atoms with Gasteiger partial charge in [0.25, 0.3) is 0 Å². The summed E-state index contributed by atoms with van der Waals surface area (Å²) in [7, 11) is 0. The zero-order valence-electron chi connectivity index (χ0n) is 7.83. The van der Waals surface area contributed by atoms with Gasteiger partial charge in [0.1, 0.15) is 5.38 Å². The van der Waals surface area contributed by atoms with Crippen LogP contribution in [0.1, 0.15) is 10.9 Å². The van der Waals surface area contributed by atoms with Gasteiger partial charge in [0.05, 0.1) is 10.0 Å². The first-order valence-electron chi connectivity index (χ1n) is 4.11. The Morgan fingerprint density at radius 2 is 1.47 bits per heavy atom. The van der Waals surface area contributed by atoms with Crippen molar-refractivity contribution in [3.05, 3.63) is 33.8 Å². The fraction of sp³-hybridized carbons (Fsp3) is 0.333. The van der Waals surface area contributed by atoms with Crippen molar-refractivity contribution in [3.8, 4) is 0 Å². The molecular formula is C9H4Cl3F5. The van der Waals surface area contributed by atoms with Crippen LogP contribution in [0.25, 0.3) is 0 Å². The maximum absolute atomic E-state index is 12.9. The molecule has 1 unspecified atom stereocenters. The van der Waals surface area contributed by atoms with Crippen LogP contribution in [0, 0.1) is 0 Å². The Bertz CT molecular complexity index is 416. The van der Waals surface area contributed by atoms with Crippen LogP contribution < -0.4 is 0 Å². The van der Waals surface area contributed by atoms with Crippen molar-refractivity contribution in [1.82, 2.24) is 0 Å². The molecule has 0 saturated heterocycles. The highest BCUT2D eigenvalue weighted by Crippen LogP contribution is 2.48. The minimum absolute atomic E-state index is 0.0367. The number of halogens is 8. The molecule has 0 nitrogen and oxygen atoms in total. The Morgan fingerprint density at radius 3 is 1.88 bits per heavy atom. The number of alkyl halides is 6. The fourth-order valence-electron chi connectivity index (χ4n) is 1.02. The highest BCUT2D eigenvalue weighted by Gasteiger charge is 2.62. The topological polar surface area (TPSA) is 0 Å². The molecule has 0 amide bonds. The largest absolute Gasteiger partial charge is 0.455 e. The number of benzene rings is 1. The Labute approximate surface area is 108 Å². The van der Waals surface area contributed by atoms with Gasteiger partial charge in [0, 0.05) is 0 Å². The Morgan fingerprint density at radius 1 is 0.941 bits per heavy atom. The zero-order chi connectivity index (χ0) is 13.4. The van der Waals surface area contributed by atoms with Crippen LogP contribution in [0.3, 0.4) is 0 Å². The molecule has 0 aliphatic heterocycles. The van der Waals surface area contributed by atoms with Crippen LogP contribution in [-0.4, -0.2) is 12.1 Å². The van der Waals surface area contributed by atoms with Gasteiger partial charge in [-0.1, -0.05) is 29.3 Å².